The number of nitrogens with zero attached hydrogens (tertiary/aromatic N) is 2. The van der Waals surface area contributed by atoms with E-state index < -0.39 is 0 Å². The number of aromatic nitrogens is 2. The number of ether oxygens (including phenoxy) is 1. The minimum absolute atomic E-state index is 0.456. The molecule has 0 aliphatic heterocycles. The van der Waals surface area contributed by atoms with Gasteiger partial charge in [-0.15, -0.1) is 0 Å². The van der Waals surface area contributed by atoms with Gasteiger partial charge in [-0.1, -0.05) is 40.5 Å². The molecule has 0 radical (unpaired) electrons. The molecule has 0 spiro atoms. The first-order valence-corrected chi connectivity index (χ1v) is 6.82. The molecule has 0 amide bonds. The van der Waals surface area contributed by atoms with Crippen LogP contribution in [0.5, 0.6) is 5.88 Å². The van der Waals surface area contributed by atoms with Crippen LogP contribution < -0.4 is 10.1 Å². The third-order valence-electron chi connectivity index (χ3n) is 2.99. The Kier molecular flexibility index (Phi) is 6.65. The van der Waals surface area contributed by atoms with Crippen molar-refractivity contribution in [2.75, 3.05) is 6.61 Å². The van der Waals surface area contributed by atoms with Gasteiger partial charge in [0.25, 0.3) is 0 Å². The summed E-state index contributed by atoms with van der Waals surface area (Å²) in [7, 11) is 0. The number of hydrogen-bond donors (Lipinski definition) is 1. The molecule has 1 rings (SSSR count). The van der Waals surface area contributed by atoms with Crippen LogP contribution in [0.1, 0.15) is 46.2 Å². The molecule has 1 aromatic heterocycles. The lowest BCUT2D eigenvalue weighted by Gasteiger charge is -2.13. The molecular weight excluding hydrogens is 226 g/mol. The summed E-state index contributed by atoms with van der Waals surface area (Å²) < 4.78 is 5.64. The summed E-state index contributed by atoms with van der Waals surface area (Å²) in [6.45, 7) is 10.1. The lowest BCUT2D eigenvalue weighted by atomic mass is 10.1. The van der Waals surface area contributed by atoms with Crippen molar-refractivity contribution in [2.24, 2.45) is 5.92 Å². The van der Waals surface area contributed by atoms with Crippen LogP contribution in [0.3, 0.4) is 0 Å². The zero-order valence-electron chi connectivity index (χ0n) is 11.9. The highest BCUT2D eigenvalue weighted by Crippen LogP contribution is 2.11. The summed E-state index contributed by atoms with van der Waals surface area (Å²) in [4.78, 5) is 8.60. The van der Waals surface area contributed by atoms with Crippen molar-refractivity contribution in [3.05, 3.63) is 18.1 Å². The first-order chi connectivity index (χ1) is 8.65. The molecule has 0 aromatic carbocycles. The van der Waals surface area contributed by atoms with Crippen molar-refractivity contribution in [3.63, 3.8) is 0 Å². The Morgan fingerprint density at radius 2 is 1.89 bits per heavy atom. The normalized spacial score (nSPS) is 11.2. The zero-order chi connectivity index (χ0) is 13.4. The topological polar surface area (TPSA) is 47.0 Å². The Morgan fingerprint density at radius 1 is 1.17 bits per heavy atom. The first-order valence-electron chi connectivity index (χ1n) is 6.82. The SMILES string of the molecule is CCC(CC)COc1cnc(CNC(C)C)cn1. The summed E-state index contributed by atoms with van der Waals surface area (Å²) >= 11 is 0. The molecule has 1 aromatic rings. The summed E-state index contributed by atoms with van der Waals surface area (Å²) in [6, 6.07) is 0.456. The fourth-order valence-electron chi connectivity index (χ4n) is 1.55. The molecule has 1 heterocycles. The maximum absolute atomic E-state index is 5.64. The fourth-order valence-corrected chi connectivity index (χ4v) is 1.55. The molecule has 1 N–H and O–H groups in total. The maximum Gasteiger partial charge on any atom is 0.232 e. The van der Waals surface area contributed by atoms with Gasteiger partial charge in [-0.2, -0.15) is 0 Å². The minimum atomic E-state index is 0.456. The van der Waals surface area contributed by atoms with E-state index in [4.69, 9.17) is 4.74 Å². The van der Waals surface area contributed by atoms with Crippen molar-refractivity contribution < 1.29 is 4.74 Å². The third kappa shape index (κ3) is 5.45. The van der Waals surface area contributed by atoms with E-state index in [1.165, 1.54) is 0 Å². The second-order valence-corrected chi connectivity index (χ2v) is 4.88. The Morgan fingerprint density at radius 3 is 2.39 bits per heavy atom. The molecular formula is C14H25N3O. The zero-order valence-corrected chi connectivity index (χ0v) is 11.9. The number of nitrogens with one attached hydrogen (secondary N) is 1. The van der Waals surface area contributed by atoms with Gasteiger partial charge in [0.1, 0.15) is 0 Å². The van der Waals surface area contributed by atoms with Gasteiger partial charge in [0.05, 0.1) is 24.7 Å². The van der Waals surface area contributed by atoms with Gasteiger partial charge in [-0.25, -0.2) is 4.98 Å². The van der Waals surface area contributed by atoms with Crippen LogP contribution in [-0.4, -0.2) is 22.6 Å². The minimum Gasteiger partial charge on any atom is -0.476 e. The van der Waals surface area contributed by atoms with Crippen LogP contribution in [-0.2, 0) is 6.54 Å². The standard InChI is InChI=1S/C14H25N3O/c1-5-12(6-2)10-18-14-9-16-13(8-17-14)7-15-11(3)4/h8-9,11-12,15H,5-7,10H2,1-4H3. The van der Waals surface area contributed by atoms with Crippen LogP contribution in [0.4, 0.5) is 0 Å². The summed E-state index contributed by atoms with van der Waals surface area (Å²) in [5.74, 6) is 1.23. The molecule has 102 valence electrons. The summed E-state index contributed by atoms with van der Waals surface area (Å²) in [6.07, 6.45) is 5.76. The Hall–Kier alpha value is -1.16. The predicted molar refractivity (Wildman–Crippen MR) is 73.6 cm³/mol. The maximum atomic E-state index is 5.64. The first kappa shape index (κ1) is 14.9. The van der Waals surface area contributed by atoms with E-state index in [-0.39, 0.29) is 0 Å². The lowest BCUT2D eigenvalue weighted by molar-refractivity contribution is 0.231. The number of hydrogen-bond acceptors (Lipinski definition) is 4. The molecule has 0 aliphatic carbocycles. The van der Waals surface area contributed by atoms with E-state index in [0.29, 0.717) is 17.8 Å². The van der Waals surface area contributed by atoms with Gasteiger partial charge in [0.2, 0.25) is 5.88 Å². The van der Waals surface area contributed by atoms with Crippen molar-refractivity contribution in [3.8, 4) is 5.88 Å². The average molecular weight is 251 g/mol. The molecule has 4 nitrogen and oxygen atoms in total. The van der Waals surface area contributed by atoms with Gasteiger partial charge in [-0.05, 0) is 5.92 Å². The van der Waals surface area contributed by atoms with Crippen LogP contribution in [0.2, 0.25) is 0 Å². The van der Waals surface area contributed by atoms with Crippen molar-refractivity contribution in [2.45, 2.75) is 53.1 Å². The van der Waals surface area contributed by atoms with Gasteiger partial charge < -0.3 is 10.1 Å². The van der Waals surface area contributed by atoms with Crippen LogP contribution in [0, 0.1) is 5.92 Å². The van der Waals surface area contributed by atoms with Gasteiger partial charge >= 0.3 is 0 Å². The van der Waals surface area contributed by atoms with Gasteiger partial charge in [-0.3, -0.25) is 4.98 Å². The molecule has 0 unspecified atom stereocenters. The van der Waals surface area contributed by atoms with E-state index in [1.54, 1.807) is 12.4 Å². The molecule has 4 heteroatoms. The highest BCUT2D eigenvalue weighted by Gasteiger charge is 2.05. The Balaban J connectivity index is 2.40. The van der Waals surface area contributed by atoms with Crippen molar-refractivity contribution in [1.29, 1.82) is 0 Å². The van der Waals surface area contributed by atoms with E-state index in [1.807, 2.05) is 0 Å². The van der Waals surface area contributed by atoms with Crippen molar-refractivity contribution >= 4 is 0 Å². The highest BCUT2D eigenvalue weighted by atomic mass is 16.5. The van der Waals surface area contributed by atoms with Gasteiger partial charge in [0.15, 0.2) is 0 Å². The molecule has 0 saturated heterocycles. The van der Waals surface area contributed by atoms with Gasteiger partial charge in [0, 0.05) is 12.6 Å². The van der Waals surface area contributed by atoms with Crippen LogP contribution in [0.25, 0.3) is 0 Å². The highest BCUT2D eigenvalue weighted by molar-refractivity contribution is 5.07. The quantitative estimate of drug-likeness (QED) is 0.771. The monoisotopic (exact) mass is 251 g/mol. The average Bonchev–Trinajstić information content (AvgIpc) is 2.39. The Labute approximate surface area is 110 Å². The third-order valence-corrected chi connectivity index (χ3v) is 2.99. The predicted octanol–water partition coefficient (Wildman–Crippen LogP) is 2.79. The summed E-state index contributed by atoms with van der Waals surface area (Å²) in [5.41, 5.74) is 0.943. The van der Waals surface area contributed by atoms with E-state index in [2.05, 4.69) is 43.0 Å². The molecule has 0 fully saturated rings. The number of rotatable bonds is 8. The summed E-state index contributed by atoms with van der Waals surface area (Å²) in [5, 5.41) is 3.31. The van der Waals surface area contributed by atoms with E-state index in [0.717, 1.165) is 31.7 Å². The second-order valence-electron chi connectivity index (χ2n) is 4.88. The van der Waals surface area contributed by atoms with E-state index >= 15 is 0 Å². The molecule has 0 atom stereocenters. The molecule has 0 bridgehead atoms. The lowest BCUT2D eigenvalue weighted by Crippen LogP contribution is -2.22. The Bertz CT molecular complexity index is 320. The van der Waals surface area contributed by atoms with Crippen LogP contribution >= 0.6 is 0 Å². The molecule has 0 saturated carbocycles. The smallest absolute Gasteiger partial charge is 0.232 e. The molecule has 18 heavy (non-hydrogen) atoms. The van der Waals surface area contributed by atoms with Crippen molar-refractivity contribution in [1.82, 2.24) is 15.3 Å². The van der Waals surface area contributed by atoms with Crippen LogP contribution in [0.15, 0.2) is 12.4 Å². The second kappa shape index (κ2) is 8.03. The largest absolute Gasteiger partial charge is 0.476 e. The fraction of sp³-hybridized carbons (Fsp3) is 0.714. The molecule has 0 aliphatic rings. The van der Waals surface area contributed by atoms with E-state index in [9.17, 15) is 0 Å².